The summed E-state index contributed by atoms with van der Waals surface area (Å²) in [6.45, 7) is -0.608. The van der Waals surface area contributed by atoms with Crippen LogP contribution in [0.4, 0.5) is 5.82 Å². The zero-order chi connectivity index (χ0) is 18.3. The molecule has 6 N–H and O–H groups in total. The van der Waals surface area contributed by atoms with Crippen molar-refractivity contribution in [2.24, 2.45) is 0 Å². The highest BCUT2D eigenvalue weighted by Gasteiger charge is 2.31. The molecular formula is C16H15N3O6. The Morgan fingerprint density at radius 1 is 1.08 bits per heavy atom. The summed E-state index contributed by atoms with van der Waals surface area (Å²) in [6, 6.07) is 6.85. The number of amides is 2. The molecular weight excluding hydrogens is 330 g/mol. The van der Waals surface area contributed by atoms with E-state index in [0.717, 1.165) is 10.6 Å². The standard InChI is InChI=1S/C16H15N3O6/c17-14-12-9(15(24)18-16(12)25)5-11(22)19(14)8-3-1-7(2-4-8)13(23)10(21)6-20/h1-5,10,13,20-21,23H,6,17H2,(H,18,24,25). The Kier molecular flexibility index (Phi) is 4.13. The first-order valence-corrected chi connectivity index (χ1v) is 7.33. The maximum absolute atomic E-state index is 12.3. The van der Waals surface area contributed by atoms with E-state index in [1.165, 1.54) is 24.3 Å². The maximum atomic E-state index is 12.3. The molecule has 1 aromatic heterocycles. The third kappa shape index (κ3) is 2.70. The SMILES string of the molecule is Nc1c2c(cc(=O)n1-c1ccc(C(O)C(O)CO)cc1)C(=O)NC2=O. The molecule has 0 saturated heterocycles. The van der Waals surface area contributed by atoms with E-state index in [1.807, 2.05) is 0 Å². The lowest BCUT2D eigenvalue weighted by atomic mass is 10.0. The van der Waals surface area contributed by atoms with Crippen LogP contribution in [0.5, 0.6) is 0 Å². The Bertz CT molecular complexity index is 919. The smallest absolute Gasteiger partial charge is 0.262 e. The first-order chi connectivity index (χ1) is 11.8. The number of aromatic nitrogens is 1. The lowest BCUT2D eigenvalue weighted by Gasteiger charge is -2.17. The third-order valence-corrected chi connectivity index (χ3v) is 4.00. The van der Waals surface area contributed by atoms with E-state index in [4.69, 9.17) is 10.8 Å². The second-order valence-corrected chi connectivity index (χ2v) is 5.56. The maximum Gasteiger partial charge on any atom is 0.262 e. The summed E-state index contributed by atoms with van der Waals surface area (Å²) in [6.07, 6.45) is -2.63. The Morgan fingerprint density at radius 2 is 1.72 bits per heavy atom. The number of benzene rings is 1. The van der Waals surface area contributed by atoms with Gasteiger partial charge in [-0.1, -0.05) is 12.1 Å². The van der Waals surface area contributed by atoms with Crippen molar-refractivity contribution in [1.82, 2.24) is 9.88 Å². The number of hydrogen-bond donors (Lipinski definition) is 5. The van der Waals surface area contributed by atoms with Gasteiger partial charge >= 0.3 is 0 Å². The number of hydrogen-bond acceptors (Lipinski definition) is 7. The number of rotatable bonds is 4. The molecule has 2 amide bonds. The Hall–Kier alpha value is -3.01. The minimum atomic E-state index is -1.34. The van der Waals surface area contributed by atoms with Crippen LogP contribution in [-0.4, -0.2) is 44.4 Å². The summed E-state index contributed by atoms with van der Waals surface area (Å²) in [4.78, 5) is 35.8. The zero-order valence-corrected chi connectivity index (χ0v) is 12.8. The van der Waals surface area contributed by atoms with Crippen molar-refractivity contribution < 1.29 is 24.9 Å². The van der Waals surface area contributed by atoms with Crippen LogP contribution < -0.4 is 16.6 Å². The van der Waals surface area contributed by atoms with E-state index in [9.17, 15) is 24.6 Å². The Balaban J connectivity index is 2.07. The molecule has 25 heavy (non-hydrogen) atoms. The molecule has 2 aromatic rings. The van der Waals surface area contributed by atoms with Crippen LogP contribution >= 0.6 is 0 Å². The number of nitrogens with one attached hydrogen (secondary N) is 1. The first kappa shape index (κ1) is 16.8. The summed E-state index contributed by atoms with van der Waals surface area (Å²) in [5.74, 6) is -1.52. The van der Waals surface area contributed by atoms with Crippen molar-refractivity contribution in [3.05, 3.63) is 57.4 Å². The quantitative estimate of drug-likeness (QED) is 0.431. The highest BCUT2D eigenvalue weighted by molar-refractivity contribution is 6.23. The van der Waals surface area contributed by atoms with Gasteiger partial charge in [0.15, 0.2) is 0 Å². The minimum absolute atomic E-state index is 0.0654. The highest BCUT2D eigenvalue weighted by Crippen LogP contribution is 2.24. The van der Waals surface area contributed by atoms with Crippen molar-refractivity contribution in [1.29, 1.82) is 0 Å². The molecule has 1 aliphatic heterocycles. The van der Waals surface area contributed by atoms with Gasteiger partial charge in [0.25, 0.3) is 17.4 Å². The van der Waals surface area contributed by atoms with E-state index < -0.39 is 36.2 Å². The number of anilines is 1. The van der Waals surface area contributed by atoms with E-state index in [2.05, 4.69) is 5.32 Å². The molecule has 9 heteroatoms. The van der Waals surface area contributed by atoms with Crippen molar-refractivity contribution in [3.63, 3.8) is 0 Å². The van der Waals surface area contributed by atoms with Crippen LogP contribution in [0, 0.1) is 0 Å². The van der Waals surface area contributed by atoms with E-state index in [0.29, 0.717) is 11.3 Å². The molecule has 0 spiro atoms. The predicted octanol–water partition coefficient (Wildman–Crippen LogP) is -1.31. The summed E-state index contributed by atoms with van der Waals surface area (Å²) in [7, 11) is 0. The van der Waals surface area contributed by atoms with Gasteiger partial charge in [-0.2, -0.15) is 0 Å². The lowest BCUT2D eigenvalue weighted by molar-refractivity contribution is -0.0152. The Morgan fingerprint density at radius 3 is 2.32 bits per heavy atom. The fourth-order valence-electron chi connectivity index (χ4n) is 2.69. The van der Waals surface area contributed by atoms with Crippen LogP contribution in [0.25, 0.3) is 5.69 Å². The van der Waals surface area contributed by atoms with Gasteiger partial charge in [-0.3, -0.25) is 24.3 Å². The normalized spacial score (nSPS) is 15.6. The van der Waals surface area contributed by atoms with Crippen molar-refractivity contribution in [2.45, 2.75) is 12.2 Å². The molecule has 2 heterocycles. The monoisotopic (exact) mass is 345 g/mol. The molecule has 1 aliphatic rings. The topological polar surface area (TPSA) is 155 Å². The Labute approximate surface area is 140 Å². The average Bonchev–Trinajstić information content (AvgIpc) is 2.88. The zero-order valence-electron chi connectivity index (χ0n) is 12.8. The molecule has 2 atom stereocenters. The predicted molar refractivity (Wildman–Crippen MR) is 86.3 cm³/mol. The molecule has 0 saturated carbocycles. The number of carbonyl (C=O) groups is 2. The molecule has 0 radical (unpaired) electrons. The second kappa shape index (κ2) is 6.13. The van der Waals surface area contributed by atoms with Gasteiger partial charge in [-0.15, -0.1) is 0 Å². The molecule has 0 fully saturated rings. The molecule has 9 nitrogen and oxygen atoms in total. The number of imide groups is 1. The first-order valence-electron chi connectivity index (χ1n) is 7.33. The fourth-order valence-corrected chi connectivity index (χ4v) is 2.69. The fraction of sp³-hybridized carbons (Fsp3) is 0.188. The highest BCUT2D eigenvalue weighted by atomic mass is 16.4. The molecule has 130 valence electrons. The third-order valence-electron chi connectivity index (χ3n) is 4.00. The second-order valence-electron chi connectivity index (χ2n) is 5.56. The summed E-state index contributed by atoms with van der Waals surface area (Å²) >= 11 is 0. The minimum Gasteiger partial charge on any atom is -0.394 e. The largest absolute Gasteiger partial charge is 0.394 e. The van der Waals surface area contributed by atoms with Gasteiger partial charge in [0.05, 0.1) is 23.4 Å². The van der Waals surface area contributed by atoms with Crippen molar-refractivity contribution in [2.75, 3.05) is 12.3 Å². The molecule has 3 rings (SSSR count). The van der Waals surface area contributed by atoms with Crippen LogP contribution in [0.2, 0.25) is 0 Å². The van der Waals surface area contributed by atoms with Crippen LogP contribution in [0.15, 0.2) is 35.1 Å². The van der Waals surface area contributed by atoms with Crippen LogP contribution in [0.3, 0.4) is 0 Å². The van der Waals surface area contributed by atoms with Crippen molar-refractivity contribution >= 4 is 17.6 Å². The van der Waals surface area contributed by atoms with Crippen LogP contribution in [-0.2, 0) is 0 Å². The summed E-state index contributed by atoms with van der Waals surface area (Å²) in [5, 5.41) is 30.3. The number of nitrogens with two attached hydrogens (primary N) is 1. The van der Waals surface area contributed by atoms with Crippen molar-refractivity contribution in [3.8, 4) is 5.69 Å². The van der Waals surface area contributed by atoms with Gasteiger partial charge in [-0.25, -0.2) is 0 Å². The number of fused-ring (bicyclic) bond motifs is 1. The van der Waals surface area contributed by atoms with Gasteiger partial charge in [-0.05, 0) is 17.7 Å². The number of nitrogen functional groups attached to an aromatic ring is 1. The number of aliphatic hydroxyl groups is 3. The number of aliphatic hydroxyl groups excluding tert-OH is 3. The van der Waals surface area contributed by atoms with Gasteiger partial charge < -0.3 is 21.1 Å². The van der Waals surface area contributed by atoms with E-state index >= 15 is 0 Å². The number of pyridine rings is 1. The number of nitrogens with zero attached hydrogens (tertiary/aromatic N) is 1. The lowest BCUT2D eigenvalue weighted by Crippen LogP contribution is -2.24. The molecule has 0 aliphatic carbocycles. The van der Waals surface area contributed by atoms with Gasteiger partial charge in [0.2, 0.25) is 0 Å². The summed E-state index contributed by atoms with van der Waals surface area (Å²) < 4.78 is 1.07. The van der Waals surface area contributed by atoms with Gasteiger partial charge in [0, 0.05) is 6.07 Å². The average molecular weight is 345 g/mol. The van der Waals surface area contributed by atoms with Crippen LogP contribution in [0.1, 0.15) is 32.4 Å². The molecule has 1 aromatic carbocycles. The van der Waals surface area contributed by atoms with Gasteiger partial charge in [0.1, 0.15) is 18.0 Å². The van der Waals surface area contributed by atoms with E-state index in [1.54, 1.807) is 0 Å². The molecule has 0 bridgehead atoms. The number of carbonyl (C=O) groups excluding carboxylic acids is 2. The van der Waals surface area contributed by atoms with E-state index in [-0.39, 0.29) is 16.9 Å². The summed E-state index contributed by atoms with van der Waals surface area (Å²) in [5.41, 5.74) is 5.83. The molecule has 2 unspecified atom stereocenters.